The van der Waals surface area contributed by atoms with Gasteiger partial charge in [-0.25, -0.2) is 4.79 Å². The summed E-state index contributed by atoms with van der Waals surface area (Å²) in [7, 11) is 0. The Morgan fingerprint density at radius 1 is 0.850 bits per heavy atom. The van der Waals surface area contributed by atoms with Crippen molar-refractivity contribution in [3.63, 3.8) is 0 Å². The number of benzene rings is 3. The molecule has 0 saturated carbocycles. The summed E-state index contributed by atoms with van der Waals surface area (Å²) in [5.41, 5.74) is 4.87. The van der Waals surface area contributed by atoms with Gasteiger partial charge in [-0.05, 0) is 52.9 Å². The molecule has 3 amide bonds. The van der Waals surface area contributed by atoms with Crippen molar-refractivity contribution in [2.45, 2.75) is 44.1 Å². The Morgan fingerprint density at radius 2 is 1.35 bits per heavy atom. The van der Waals surface area contributed by atoms with Crippen LogP contribution in [0.1, 0.15) is 60.3 Å². The molecule has 7 rings (SSSR count). The number of carbonyl (C=O) groups excluding carboxylic acids is 4. The molecule has 8 heteroatoms. The van der Waals surface area contributed by atoms with Crippen molar-refractivity contribution in [3.8, 4) is 0 Å². The topological polar surface area (TPSA) is 92.8 Å². The smallest absolute Gasteiger partial charge is 0.329 e. The first-order valence-electron chi connectivity index (χ1n) is 13.7. The van der Waals surface area contributed by atoms with Gasteiger partial charge in [-0.3, -0.25) is 19.3 Å². The van der Waals surface area contributed by atoms with Crippen molar-refractivity contribution in [3.05, 3.63) is 99.5 Å². The van der Waals surface area contributed by atoms with E-state index in [4.69, 9.17) is 4.74 Å². The van der Waals surface area contributed by atoms with Crippen molar-refractivity contribution in [1.29, 1.82) is 0 Å². The summed E-state index contributed by atoms with van der Waals surface area (Å²) in [6.07, 6.45) is 1.69. The fourth-order valence-electron chi connectivity index (χ4n) is 6.72. The van der Waals surface area contributed by atoms with Crippen LogP contribution in [0.4, 0.5) is 5.69 Å². The van der Waals surface area contributed by atoms with Crippen molar-refractivity contribution in [2.24, 2.45) is 11.8 Å². The molecule has 2 bridgehead atoms. The molecule has 1 saturated heterocycles. The number of imide groups is 1. The Kier molecular flexibility index (Phi) is 7.04. The summed E-state index contributed by atoms with van der Waals surface area (Å²) in [6, 6.07) is 22.0. The standard InChI is InChI=1S/C32H29BrN2O5/c1-2-3-12-24(32(39)40-17-25(36)34-19-15-13-18(33)14-16-19)35-30(37)28-26-20-8-4-5-9-21(20)27(29(28)31(35)38)23-11-7-6-10-22(23)26/h4-11,13-16,24,26-29H,2-3,12,17H2,1H3,(H,34,36)/t24-,26?,27?,28-,29+/m1/s1. The van der Waals surface area contributed by atoms with Gasteiger partial charge < -0.3 is 10.1 Å². The fraction of sp³-hybridized carbons (Fsp3) is 0.312. The van der Waals surface area contributed by atoms with Crippen LogP contribution in [0.3, 0.4) is 0 Å². The highest BCUT2D eigenvalue weighted by molar-refractivity contribution is 9.10. The maximum absolute atomic E-state index is 14.1. The number of anilines is 1. The number of esters is 1. The van der Waals surface area contributed by atoms with E-state index in [0.717, 1.165) is 38.0 Å². The van der Waals surface area contributed by atoms with E-state index in [1.54, 1.807) is 24.3 Å². The van der Waals surface area contributed by atoms with Gasteiger partial charge in [-0.2, -0.15) is 0 Å². The fourth-order valence-corrected chi connectivity index (χ4v) is 6.98. The van der Waals surface area contributed by atoms with Gasteiger partial charge in [0.1, 0.15) is 6.04 Å². The summed E-state index contributed by atoms with van der Waals surface area (Å²) in [4.78, 5) is 55.2. The first-order valence-corrected chi connectivity index (χ1v) is 14.5. The van der Waals surface area contributed by atoms with E-state index < -0.39 is 36.4 Å². The van der Waals surface area contributed by atoms with Crippen LogP contribution in [0.5, 0.6) is 0 Å². The number of halogens is 1. The molecule has 40 heavy (non-hydrogen) atoms. The van der Waals surface area contributed by atoms with Crippen molar-refractivity contribution >= 4 is 45.3 Å². The van der Waals surface area contributed by atoms with Crippen LogP contribution in [-0.4, -0.2) is 41.2 Å². The lowest BCUT2D eigenvalue weighted by Crippen LogP contribution is -2.47. The maximum atomic E-state index is 14.1. The van der Waals surface area contributed by atoms with Crippen LogP contribution < -0.4 is 5.32 Å². The van der Waals surface area contributed by atoms with E-state index in [-0.39, 0.29) is 30.1 Å². The quantitative estimate of drug-likeness (QED) is 0.277. The number of rotatable bonds is 8. The molecule has 0 unspecified atom stereocenters. The van der Waals surface area contributed by atoms with Gasteiger partial charge >= 0.3 is 5.97 Å². The number of likely N-dealkylation sites (tertiary alicyclic amines) is 1. The van der Waals surface area contributed by atoms with Gasteiger partial charge in [0.05, 0.1) is 11.8 Å². The molecule has 1 aliphatic heterocycles. The average molecular weight is 601 g/mol. The van der Waals surface area contributed by atoms with Crippen LogP contribution in [-0.2, 0) is 23.9 Å². The first-order chi connectivity index (χ1) is 19.4. The van der Waals surface area contributed by atoms with Gasteiger partial charge in [0.2, 0.25) is 11.8 Å². The van der Waals surface area contributed by atoms with Gasteiger partial charge in [0, 0.05) is 22.0 Å². The normalized spacial score (nSPS) is 22.8. The molecule has 0 spiro atoms. The van der Waals surface area contributed by atoms with E-state index in [1.165, 1.54) is 0 Å². The van der Waals surface area contributed by atoms with E-state index >= 15 is 0 Å². The Balaban J connectivity index is 1.26. The summed E-state index contributed by atoms with van der Waals surface area (Å²) in [5.74, 6) is -3.52. The second-order valence-corrected chi connectivity index (χ2v) is 11.5. The number of nitrogens with zero attached hydrogens (tertiary/aromatic N) is 1. The molecule has 0 aromatic heterocycles. The number of ether oxygens (including phenoxy) is 1. The number of hydrogen-bond acceptors (Lipinski definition) is 5. The highest BCUT2D eigenvalue weighted by Gasteiger charge is 2.63. The lowest BCUT2D eigenvalue weighted by atomic mass is 9.55. The van der Waals surface area contributed by atoms with E-state index in [0.29, 0.717) is 12.1 Å². The Labute approximate surface area is 241 Å². The zero-order chi connectivity index (χ0) is 28.0. The molecule has 3 aliphatic carbocycles. The molecule has 3 atom stereocenters. The zero-order valence-electron chi connectivity index (χ0n) is 22.0. The van der Waals surface area contributed by atoms with Crippen molar-refractivity contribution in [1.82, 2.24) is 4.90 Å². The predicted octanol–water partition coefficient (Wildman–Crippen LogP) is 5.38. The Hall–Kier alpha value is -3.78. The highest BCUT2D eigenvalue weighted by Crippen LogP contribution is 2.61. The third-order valence-corrected chi connectivity index (χ3v) is 8.90. The Bertz CT molecular complexity index is 1390. The molecule has 3 aromatic carbocycles. The van der Waals surface area contributed by atoms with Crippen LogP contribution in [0.2, 0.25) is 0 Å². The molecule has 3 aromatic rings. The third-order valence-electron chi connectivity index (χ3n) is 8.37. The van der Waals surface area contributed by atoms with Crippen LogP contribution >= 0.6 is 15.9 Å². The number of carbonyl (C=O) groups is 4. The highest BCUT2D eigenvalue weighted by atomic mass is 79.9. The molecule has 1 fully saturated rings. The molecular formula is C32H29BrN2O5. The zero-order valence-corrected chi connectivity index (χ0v) is 23.6. The Morgan fingerprint density at radius 3 is 1.82 bits per heavy atom. The lowest BCUT2D eigenvalue weighted by Gasteiger charge is -2.45. The molecule has 204 valence electrons. The van der Waals surface area contributed by atoms with Gasteiger partial charge in [0.25, 0.3) is 5.91 Å². The van der Waals surface area contributed by atoms with E-state index in [9.17, 15) is 19.2 Å². The predicted molar refractivity (Wildman–Crippen MR) is 152 cm³/mol. The van der Waals surface area contributed by atoms with Gasteiger partial charge in [0.15, 0.2) is 6.61 Å². The van der Waals surface area contributed by atoms with E-state index in [1.807, 2.05) is 55.5 Å². The molecule has 1 heterocycles. The largest absolute Gasteiger partial charge is 0.454 e. The van der Waals surface area contributed by atoms with Crippen molar-refractivity contribution in [2.75, 3.05) is 11.9 Å². The van der Waals surface area contributed by atoms with Crippen LogP contribution in [0.15, 0.2) is 77.3 Å². The molecule has 7 nitrogen and oxygen atoms in total. The minimum Gasteiger partial charge on any atom is -0.454 e. The molecule has 0 radical (unpaired) electrons. The van der Waals surface area contributed by atoms with Gasteiger partial charge in [-0.1, -0.05) is 84.2 Å². The summed E-state index contributed by atoms with van der Waals surface area (Å²) >= 11 is 3.35. The maximum Gasteiger partial charge on any atom is 0.329 e. The molecule has 1 N–H and O–H groups in total. The number of amides is 3. The average Bonchev–Trinajstić information content (AvgIpc) is 3.23. The monoisotopic (exact) mass is 600 g/mol. The number of nitrogens with one attached hydrogen (secondary N) is 1. The van der Waals surface area contributed by atoms with Gasteiger partial charge in [-0.15, -0.1) is 0 Å². The van der Waals surface area contributed by atoms with Crippen LogP contribution in [0, 0.1) is 11.8 Å². The summed E-state index contributed by atoms with van der Waals surface area (Å²) in [5, 5.41) is 2.69. The van der Waals surface area contributed by atoms with Crippen molar-refractivity contribution < 1.29 is 23.9 Å². The third kappa shape index (κ3) is 4.35. The summed E-state index contributed by atoms with van der Waals surface area (Å²) < 4.78 is 6.28. The number of unbranched alkanes of at least 4 members (excludes halogenated alkanes) is 1. The number of hydrogen-bond donors (Lipinski definition) is 1. The first kappa shape index (κ1) is 26.4. The molecular weight excluding hydrogens is 572 g/mol. The molecule has 4 aliphatic rings. The second-order valence-electron chi connectivity index (χ2n) is 10.6. The minimum atomic E-state index is -1.07. The van der Waals surface area contributed by atoms with E-state index in [2.05, 4.69) is 21.2 Å². The minimum absolute atomic E-state index is 0.247. The lowest BCUT2D eigenvalue weighted by molar-refractivity contribution is -0.160. The SMILES string of the molecule is CCCC[C@H](C(=O)OCC(=O)Nc1ccc(Br)cc1)N1C(=O)[C@@H]2C3c4ccccc4C(c4ccccc43)[C@@H]2C1=O. The second kappa shape index (κ2) is 10.7. The summed E-state index contributed by atoms with van der Waals surface area (Å²) in [6.45, 7) is 1.47. The van der Waals surface area contributed by atoms with Crippen LogP contribution in [0.25, 0.3) is 0 Å².